The fourth-order valence-electron chi connectivity index (χ4n) is 1.14. The third-order valence-electron chi connectivity index (χ3n) is 1.86. The summed E-state index contributed by atoms with van der Waals surface area (Å²) in [4.78, 5) is 10.7. The molecule has 0 saturated carbocycles. The highest BCUT2D eigenvalue weighted by molar-refractivity contribution is 9.11. The lowest BCUT2D eigenvalue weighted by Crippen LogP contribution is -1.97. The molecule has 0 saturated heterocycles. The van der Waals surface area contributed by atoms with Crippen molar-refractivity contribution in [2.75, 3.05) is 0 Å². The fourth-order valence-corrected chi connectivity index (χ4v) is 1.34. The van der Waals surface area contributed by atoms with Gasteiger partial charge in [-0.3, -0.25) is 0 Å². The number of aryl methyl sites for hydroxylation is 1. The molecular weight excluding hydrogens is 244 g/mol. The van der Waals surface area contributed by atoms with Crippen molar-refractivity contribution < 1.29 is 9.90 Å². The van der Waals surface area contributed by atoms with Gasteiger partial charge in [0.05, 0.1) is 5.56 Å². The topological polar surface area (TPSA) is 37.3 Å². The van der Waals surface area contributed by atoms with Crippen LogP contribution in [-0.4, -0.2) is 11.1 Å². The molecule has 0 heterocycles. The third kappa shape index (κ3) is 3.34. The lowest BCUT2D eigenvalue weighted by Gasteiger charge is -2.01. The van der Waals surface area contributed by atoms with Gasteiger partial charge in [0.15, 0.2) is 0 Å². The predicted octanol–water partition coefficient (Wildman–Crippen LogP) is 3.23. The molecule has 0 radical (unpaired) electrons. The maximum atomic E-state index is 10.7. The molecule has 0 aliphatic carbocycles. The SMILES string of the molecule is C=C(Br)CCc1cccc(C(=O)O)c1. The molecule has 0 amide bonds. The molecule has 2 nitrogen and oxygen atoms in total. The maximum absolute atomic E-state index is 10.7. The molecule has 3 heteroatoms. The minimum Gasteiger partial charge on any atom is -0.478 e. The van der Waals surface area contributed by atoms with Crippen LogP contribution in [0.25, 0.3) is 0 Å². The smallest absolute Gasteiger partial charge is 0.335 e. The monoisotopic (exact) mass is 254 g/mol. The standard InChI is InChI=1S/C11H11BrO2/c1-8(12)5-6-9-3-2-4-10(7-9)11(13)14/h2-4,7H,1,5-6H2,(H,13,14). The highest BCUT2D eigenvalue weighted by Crippen LogP contribution is 2.13. The zero-order valence-electron chi connectivity index (χ0n) is 7.66. The Bertz CT molecular complexity index is 358. The molecule has 1 aromatic rings. The molecule has 0 aromatic heterocycles. The Balaban J connectivity index is 2.73. The Hall–Kier alpha value is -1.09. The van der Waals surface area contributed by atoms with E-state index in [-0.39, 0.29) is 0 Å². The Kier molecular flexibility index (Phi) is 3.89. The largest absolute Gasteiger partial charge is 0.478 e. The number of halogens is 1. The molecular formula is C11H11BrO2. The van der Waals surface area contributed by atoms with Gasteiger partial charge in [0.2, 0.25) is 0 Å². The first kappa shape index (κ1) is 11.0. The van der Waals surface area contributed by atoms with Crippen molar-refractivity contribution in [2.45, 2.75) is 12.8 Å². The van der Waals surface area contributed by atoms with E-state index in [0.717, 1.165) is 22.9 Å². The summed E-state index contributed by atoms with van der Waals surface area (Å²) in [5, 5.41) is 8.76. The van der Waals surface area contributed by atoms with Crippen molar-refractivity contribution in [1.82, 2.24) is 0 Å². The van der Waals surface area contributed by atoms with Crippen LogP contribution in [0, 0.1) is 0 Å². The number of allylic oxidation sites excluding steroid dienone is 1. The number of rotatable bonds is 4. The zero-order valence-corrected chi connectivity index (χ0v) is 9.25. The summed E-state index contributed by atoms with van der Waals surface area (Å²) in [6.45, 7) is 3.73. The molecule has 1 N–H and O–H groups in total. The number of carboxylic acids is 1. The summed E-state index contributed by atoms with van der Waals surface area (Å²) in [6.07, 6.45) is 1.63. The van der Waals surface area contributed by atoms with E-state index in [0.29, 0.717) is 5.56 Å². The highest BCUT2D eigenvalue weighted by atomic mass is 79.9. The van der Waals surface area contributed by atoms with Gasteiger partial charge in [-0.2, -0.15) is 0 Å². The summed E-state index contributed by atoms with van der Waals surface area (Å²) in [5.41, 5.74) is 1.35. The van der Waals surface area contributed by atoms with Crippen molar-refractivity contribution in [3.63, 3.8) is 0 Å². The van der Waals surface area contributed by atoms with Crippen LogP contribution in [0.4, 0.5) is 0 Å². The summed E-state index contributed by atoms with van der Waals surface area (Å²) in [7, 11) is 0. The van der Waals surface area contributed by atoms with Crippen molar-refractivity contribution in [2.24, 2.45) is 0 Å². The van der Waals surface area contributed by atoms with E-state index >= 15 is 0 Å². The Labute approximate surface area is 91.4 Å². The van der Waals surface area contributed by atoms with Crippen LogP contribution in [0.3, 0.4) is 0 Å². The Morgan fingerprint density at radius 2 is 2.21 bits per heavy atom. The van der Waals surface area contributed by atoms with E-state index in [1.807, 2.05) is 6.07 Å². The molecule has 0 fully saturated rings. The van der Waals surface area contributed by atoms with Crippen LogP contribution in [0.2, 0.25) is 0 Å². The van der Waals surface area contributed by atoms with Crippen LogP contribution in [0.15, 0.2) is 35.3 Å². The van der Waals surface area contributed by atoms with E-state index in [1.54, 1.807) is 18.2 Å². The van der Waals surface area contributed by atoms with Gasteiger partial charge in [-0.05, 0) is 35.0 Å². The number of carbonyl (C=O) groups is 1. The number of carboxylic acid groups (broad SMARTS) is 1. The van der Waals surface area contributed by atoms with E-state index < -0.39 is 5.97 Å². The normalized spacial score (nSPS) is 9.79. The maximum Gasteiger partial charge on any atom is 0.335 e. The Morgan fingerprint density at radius 1 is 1.50 bits per heavy atom. The second-order valence-electron chi connectivity index (χ2n) is 3.02. The van der Waals surface area contributed by atoms with Gasteiger partial charge in [0.1, 0.15) is 0 Å². The molecule has 0 aliphatic heterocycles. The third-order valence-corrected chi connectivity index (χ3v) is 2.26. The Morgan fingerprint density at radius 3 is 2.79 bits per heavy atom. The first-order chi connectivity index (χ1) is 6.59. The number of hydrogen-bond donors (Lipinski definition) is 1. The summed E-state index contributed by atoms with van der Waals surface area (Å²) in [5.74, 6) is -0.885. The minimum absolute atomic E-state index is 0.336. The average Bonchev–Trinajstić information content (AvgIpc) is 2.15. The number of aromatic carboxylic acids is 1. The highest BCUT2D eigenvalue weighted by Gasteiger charge is 2.02. The summed E-state index contributed by atoms with van der Waals surface area (Å²) < 4.78 is 0.929. The molecule has 1 rings (SSSR count). The van der Waals surface area contributed by atoms with Crippen molar-refractivity contribution in [3.05, 3.63) is 46.5 Å². The number of hydrogen-bond acceptors (Lipinski definition) is 1. The molecule has 0 aliphatic rings. The van der Waals surface area contributed by atoms with Crippen LogP contribution < -0.4 is 0 Å². The van der Waals surface area contributed by atoms with E-state index in [1.165, 1.54) is 0 Å². The molecule has 74 valence electrons. The van der Waals surface area contributed by atoms with Gasteiger partial charge >= 0.3 is 5.97 Å². The van der Waals surface area contributed by atoms with Gasteiger partial charge in [-0.1, -0.05) is 34.6 Å². The van der Waals surface area contributed by atoms with Gasteiger partial charge in [0, 0.05) is 0 Å². The summed E-state index contributed by atoms with van der Waals surface area (Å²) in [6, 6.07) is 6.96. The first-order valence-electron chi connectivity index (χ1n) is 4.25. The fraction of sp³-hybridized carbons (Fsp3) is 0.182. The average molecular weight is 255 g/mol. The van der Waals surface area contributed by atoms with Crippen LogP contribution >= 0.6 is 15.9 Å². The van der Waals surface area contributed by atoms with Gasteiger partial charge in [0.25, 0.3) is 0 Å². The quantitative estimate of drug-likeness (QED) is 0.896. The van der Waals surface area contributed by atoms with E-state index in [4.69, 9.17) is 5.11 Å². The van der Waals surface area contributed by atoms with Crippen LogP contribution in [0.5, 0.6) is 0 Å². The second kappa shape index (κ2) is 4.96. The van der Waals surface area contributed by atoms with Crippen LogP contribution in [-0.2, 0) is 6.42 Å². The zero-order chi connectivity index (χ0) is 10.6. The van der Waals surface area contributed by atoms with Crippen molar-refractivity contribution >= 4 is 21.9 Å². The van der Waals surface area contributed by atoms with E-state index in [2.05, 4.69) is 22.5 Å². The lowest BCUT2D eigenvalue weighted by molar-refractivity contribution is 0.0697. The van der Waals surface area contributed by atoms with Crippen molar-refractivity contribution in [3.8, 4) is 0 Å². The van der Waals surface area contributed by atoms with Crippen molar-refractivity contribution in [1.29, 1.82) is 0 Å². The molecule has 0 unspecified atom stereocenters. The predicted molar refractivity (Wildman–Crippen MR) is 59.8 cm³/mol. The molecule has 14 heavy (non-hydrogen) atoms. The van der Waals surface area contributed by atoms with Crippen LogP contribution in [0.1, 0.15) is 22.3 Å². The summed E-state index contributed by atoms with van der Waals surface area (Å²) >= 11 is 3.27. The molecule has 0 spiro atoms. The van der Waals surface area contributed by atoms with E-state index in [9.17, 15) is 4.79 Å². The van der Waals surface area contributed by atoms with Gasteiger partial charge in [-0.15, -0.1) is 0 Å². The minimum atomic E-state index is -0.885. The van der Waals surface area contributed by atoms with Gasteiger partial charge < -0.3 is 5.11 Å². The van der Waals surface area contributed by atoms with Gasteiger partial charge in [-0.25, -0.2) is 4.79 Å². The number of benzene rings is 1. The molecule has 0 atom stereocenters. The lowest BCUT2D eigenvalue weighted by atomic mass is 10.1. The molecule has 1 aromatic carbocycles. The second-order valence-corrected chi connectivity index (χ2v) is 4.14. The first-order valence-corrected chi connectivity index (χ1v) is 5.04. The molecule has 0 bridgehead atoms.